The maximum Gasteiger partial charge on any atom is 1.00 e. The minimum absolute atomic E-state index is 0. The van der Waals surface area contributed by atoms with E-state index in [4.69, 9.17) is 0 Å². The minimum atomic E-state index is -1.24. The number of rotatable bonds is 5. The summed E-state index contributed by atoms with van der Waals surface area (Å²) in [6.07, 6.45) is 1.35. The summed E-state index contributed by atoms with van der Waals surface area (Å²) in [5.41, 5.74) is 1.05. The molecule has 20 heavy (non-hydrogen) atoms. The van der Waals surface area contributed by atoms with E-state index in [0.717, 1.165) is 0 Å². The van der Waals surface area contributed by atoms with Crippen molar-refractivity contribution in [1.82, 2.24) is 10.2 Å². The molecule has 1 rings (SSSR count). The second-order valence-electron chi connectivity index (χ2n) is 4.37. The molecule has 0 aliphatic rings. The van der Waals surface area contributed by atoms with Crippen LogP contribution < -0.4 is 40.0 Å². The van der Waals surface area contributed by atoms with Crippen LogP contribution >= 0.6 is 0 Å². The van der Waals surface area contributed by atoms with Gasteiger partial charge >= 0.3 is 29.6 Å². The van der Waals surface area contributed by atoms with Crippen LogP contribution in [-0.4, -0.2) is 30.9 Å². The zero-order valence-corrected chi connectivity index (χ0v) is 14.2. The largest absolute Gasteiger partial charge is 1.00 e. The van der Waals surface area contributed by atoms with Crippen molar-refractivity contribution in [1.29, 1.82) is 0 Å². The number of benzene rings is 1. The van der Waals surface area contributed by atoms with E-state index in [1.54, 1.807) is 51.4 Å². The first-order valence-electron chi connectivity index (χ1n) is 5.83. The van der Waals surface area contributed by atoms with Crippen molar-refractivity contribution in [2.24, 2.45) is 0 Å². The van der Waals surface area contributed by atoms with Crippen molar-refractivity contribution in [3.8, 4) is 0 Å². The minimum Gasteiger partial charge on any atom is -0.548 e. The molecule has 0 saturated heterocycles. The molecule has 5 nitrogen and oxygen atoms in total. The fourth-order valence-corrected chi connectivity index (χ4v) is 1.51. The van der Waals surface area contributed by atoms with Crippen LogP contribution in [0.1, 0.15) is 18.5 Å². The zero-order chi connectivity index (χ0) is 14.4. The summed E-state index contributed by atoms with van der Waals surface area (Å²) in [5.74, 6) is -1.45. The van der Waals surface area contributed by atoms with Crippen molar-refractivity contribution in [2.75, 3.05) is 14.1 Å². The molecule has 102 valence electrons. The third kappa shape index (κ3) is 5.77. The Kier molecular flexibility index (Phi) is 8.22. The van der Waals surface area contributed by atoms with Crippen molar-refractivity contribution >= 4 is 11.9 Å². The number of carbonyl (C=O) groups is 2. The molecule has 1 aromatic carbocycles. The van der Waals surface area contributed by atoms with Gasteiger partial charge in [-0.15, -0.1) is 0 Å². The van der Waals surface area contributed by atoms with Crippen LogP contribution in [0.3, 0.4) is 0 Å². The molecule has 0 heterocycles. The number of aliphatic carboxylic acids is 1. The van der Waals surface area contributed by atoms with Gasteiger partial charge in [-0.3, -0.25) is 4.79 Å². The number of hydrogen-bond donors (Lipinski definition) is 1. The quantitative estimate of drug-likeness (QED) is 0.464. The monoisotopic (exact) mass is 284 g/mol. The van der Waals surface area contributed by atoms with E-state index in [1.807, 2.05) is 0 Å². The Hall–Kier alpha value is -1.30. The van der Waals surface area contributed by atoms with Crippen LogP contribution in [0.25, 0.3) is 0 Å². The van der Waals surface area contributed by atoms with E-state index < -0.39 is 12.0 Å². The van der Waals surface area contributed by atoms with Gasteiger partial charge in [-0.25, -0.2) is 0 Å². The Morgan fingerprint density at radius 3 is 2.25 bits per heavy atom. The van der Waals surface area contributed by atoms with Crippen LogP contribution in [0.5, 0.6) is 0 Å². The number of hydrogen-bond acceptors (Lipinski definition) is 4. The van der Waals surface area contributed by atoms with Gasteiger partial charge < -0.3 is 20.1 Å². The Morgan fingerprint density at radius 2 is 1.80 bits per heavy atom. The van der Waals surface area contributed by atoms with E-state index in [0.29, 0.717) is 11.3 Å². The molecule has 0 saturated carbocycles. The van der Waals surface area contributed by atoms with Crippen molar-refractivity contribution in [3.05, 3.63) is 47.7 Å². The first-order chi connectivity index (χ1) is 8.91. The molecular formula is C14H17N2NaO3. The van der Waals surface area contributed by atoms with Crippen molar-refractivity contribution in [3.63, 3.8) is 0 Å². The van der Waals surface area contributed by atoms with Gasteiger partial charge in [0.1, 0.15) is 0 Å². The molecule has 1 atom stereocenters. The van der Waals surface area contributed by atoms with Crippen LogP contribution in [0.4, 0.5) is 0 Å². The van der Waals surface area contributed by atoms with E-state index >= 15 is 0 Å². The molecular weight excluding hydrogens is 267 g/mol. The number of allylic oxidation sites excluding steroid dienone is 1. The fraction of sp³-hybridized carbons (Fsp3) is 0.286. The second-order valence-corrected chi connectivity index (χ2v) is 4.37. The summed E-state index contributed by atoms with van der Waals surface area (Å²) in [5, 5.41) is 13.9. The molecule has 6 heteroatoms. The summed E-state index contributed by atoms with van der Waals surface area (Å²) < 4.78 is 0. The van der Waals surface area contributed by atoms with Gasteiger partial charge in [-0.1, -0.05) is 30.3 Å². The summed E-state index contributed by atoms with van der Waals surface area (Å²) in [7, 11) is 3.25. The number of nitrogens with zero attached hydrogens (tertiary/aromatic N) is 1. The number of carboxylic acid groups (broad SMARTS) is 1. The van der Waals surface area contributed by atoms with E-state index in [2.05, 4.69) is 5.32 Å². The maximum atomic E-state index is 11.5. The average Bonchev–Trinajstić information content (AvgIpc) is 2.36. The molecule has 0 fully saturated rings. The summed E-state index contributed by atoms with van der Waals surface area (Å²) >= 11 is 0. The fourth-order valence-electron chi connectivity index (χ4n) is 1.51. The summed E-state index contributed by atoms with van der Waals surface area (Å²) in [6.45, 7) is 1.64. The van der Waals surface area contributed by atoms with Crippen molar-refractivity contribution < 1.29 is 44.3 Å². The third-order valence-corrected chi connectivity index (χ3v) is 2.52. The third-order valence-electron chi connectivity index (χ3n) is 2.52. The summed E-state index contributed by atoms with van der Waals surface area (Å²) in [6, 6.07) is 7.69. The van der Waals surface area contributed by atoms with Gasteiger partial charge in [0.25, 0.3) is 0 Å². The predicted molar refractivity (Wildman–Crippen MR) is 69.8 cm³/mol. The van der Waals surface area contributed by atoms with E-state index in [9.17, 15) is 14.7 Å². The second kappa shape index (κ2) is 8.79. The van der Waals surface area contributed by atoms with Gasteiger partial charge in [-0.05, 0) is 12.5 Å². The Bertz CT molecular complexity index is 486. The van der Waals surface area contributed by atoms with Gasteiger partial charge in [0.05, 0.1) is 12.0 Å². The maximum absolute atomic E-state index is 11.5. The Balaban J connectivity index is 0.00000361. The molecule has 0 aromatic heterocycles. The van der Waals surface area contributed by atoms with Gasteiger partial charge in [-0.2, -0.15) is 0 Å². The Labute approximate surface area is 141 Å². The average molecular weight is 284 g/mol. The zero-order valence-electron chi connectivity index (χ0n) is 12.2. The molecule has 0 bridgehead atoms. The smallest absolute Gasteiger partial charge is 0.548 e. The Morgan fingerprint density at radius 1 is 1.25 bits per heavy atom. The molecule has 1 amide bonds. The van der Waals surface area contributed by atoms with Gasteiger partial charge in [0.2, 0.25) is 5.91 Å². The standard InChI is InChI=1S/C14H18N2O3.Na/c1-10(9-12(17)16(2)3)15-13(14(18)19)11-7-5-4-6-8-11;/h4-9,13,15H,1-3H3,(H,18,19);/q;+1/p-1/b10-9-;/t13-;/m1./s1. The van der Waals surface area contributed by atoms with Crippen LogP contribution in [0.2, 0.25) is 0 Å². The number of likely N-dealkylation sites (N-methyl/N-ethyl adjacent to an activating group) is 1. The van der Waals surface area contributed by atoms with E-state index in [1.165, 1.54) is 11.0 Å². The molecule has 0 spiro atoms. The van der Waals surface area contributed by atoms with Crippen LogP contribution in [0, 0.1) is 0 Å². The molecule has 0 unspecified atom stereocenters. The number of nitrogens with one attached hydrogen (secondary N) is 1. The number of carboxylic acids is 1. The van der Waals surface area contributed by atoms with Gasteiger partial charge in [0.15, 0.2) is 0 Å². The molecule has 1 N–H and O–H groups in total. The van der Waals surface area contributed by atoms with E-state index in [-0.39, 0.29) is 35.5 Å². The predicted octanol–water partition coefficient (Wildman–Crippen LogP) is -2.94. The first-order valence-corrected chi connectivity index (χ1v) is 5.83. The SMILES string of the molecule is C/C(=C/C(=O)N(C)C)N[C@@H](C(=O)[O-])c1ccccc1.[Na+]. The van der Waals surface area contributed by atoms with Crippen molar-refractivity contribution in [2.45, 2.75) is 13.0 Å². The number of carbonyl (C=O) groups excluding carboxylic acids is 2. The number of amides is 1. The molecule has 0 aliphatic carbocycles. The van der Waals surface area contributed by atoms with Gasteiger partial charge in [0, 0.05) is 25.9 Å². The molecule has 1 aromatic rings. The normalized spacial score (nSPS) is 12.1. The molecule has 0 aliphatic heterocycles. The topological polar surface area (TPSA) is 72.5 Å². The van der Waals surface area contributed by atoms with Crippen LogP contribution in [-0.2, 0) is 9.59 Å². The first kappa shape index (κ1) is 18.7. The van der Waals surface area contributed by atoms with Crippen LogP contribution in [0.15, 0.2) is 42.1 Å². The molecule has 0 radical (unpaired) electrons. The summed E-state index contributed by atoms with van der Waals surface area (Å²) in [4.78, 5) is 24.1.